The molecule has 0 aromatic heterocycles. The van der Waals surface area contributed by atoms with Crippen molar-refractivity contribution in [3.63, 3.8) is 0 Å². The molecule has 0 saturated heterocycles. The number of fused-ring (bicyclic) bond motifs is 1. The average Bonchev–Trinajstić information content (AvgIpc) is 2.52. The Bertz CT molecular complexity index is 946. The van der Waals surface area contributed by atoms with Crippen LogP contribution in [0.25, 0.3) is 22.6 Å². The molecule has 0 spiro atoms. The van der Waals surface area contributed by atoms with E-state index in [0.29, 0.717) is 17.3 Å². The van der Waals surface area contributed by atoms with Crippen molar-refractivity contribution < 1.29 is 9.52 Å². The highest BCUT2D eigenvalue weighted by Crippen LogP contribution is 2.42. The lowest BCUT2D eigenvalue weighted by Crippen LogP contribution is -2.17. The van der Waals surface area contributed by atoms with Crippen LogP contribution in [0.3, 0.4) is 0 Å². The first kappa shape index (κ1) is 18.2. The molecule has 1 aliphatic heterocycles. The third-order valence-corrected chi connectivity index (χ3v) is 4.63. The summed E-state index contributed by atoms with van der Waals surface area (Å²) in [6, 6.07) is 12.6. The van der Waals surface area contributed by atoms with Crippen molar-refractivity contribution in [1.82, 2.24) is 0 Å². The van der Waals surface area contributed by atoms with E-state index in [0.717, 1.165) is 22.3 Å². The molecule has 1 aromatic carbocycles. The van der Waals surface area contributed by atoms with E-state index in [1.807, 2.05) is 24.3 Å². The number of hydrogen-bond acceptors (Lipinski definition) is 3. The van der Waals surface area contributed by atoms with Crippen molar-refractivity contribution in [3.8, 4) is 28.4 Å². The van der Waals surface area contributed by atoms with Crippen LogP contribution in [0.15, 0.2) is 51.7 Å². The molecule has 1 aromatic rings. The summed E-state index contributed by atoms with van der Waals surface area (Å²) in [6.45, 7) is 12.5. The number of phenols is 1. The number of hydrogen-bond donors (Lipinski definition) is 1. The maximum absolute atomic E-state index is 11.7. The first-order valence-corrected chi connectivity index (χ1v) is 8.89. The van der Waals surface area contributed by atoms with Crippen molar-refractivity contribution in [2.45, 2.75) is 52.4 Å². The fourth-order valence-electron chi connectivity index (χ4n) is 3.13. The Labute approximate surface area is 154 Å². The van der Waals surface area contributed by atoms with Gasteiger partial charge in [0.1, 0.15) is 17.3 Å². The highest BCUT2D eigenvalue weighted by molar-refractivity contribution is 5.68. The molecule has 0 unspecified atom stereocenters. The zero-order valence-corrected chi connectivity index (χ0v) is 16.3. The molecule has 0 radical (unpaired) electrons. The minimum absolute atomic E-state index is 0.0742. The summed E-state index contributed by atoms with van der Waals surface area (Å²) in [7, 11) is 0. The van der Waals surface area contributed by atoms with Gasteiger partial charge in [0.15, 0.2) is 5.43 Å². The zero-order valence-electron chi connectivity index (χ0n) is 16.3. The molecular weight excluding hydrogens is 324 g/mol. The lowest BCUT2D eigenvalue weighted by molar-refractivity contribution is 0.423. The third kappa shape index (κ3) is 3.39. The lowest BCUT2D eigenvalue weighted by Gasteiger charge is -2.28. The summed E-state index contributed by atoms with van der Waals surface area (Å²) in [4.78, 5) is 11.7. The van der Waals surface area contributed by atoms with Gasteiger partial charge in [0.05, 0.1) is 0 Å². The molecule has 1 N–H and O–H groups in total. The molecule has 1 heterocycles. The third-order valence-electron chi connectivity index (χ3n) is 4.63. The van der Waals surface area contributed by atoms with Crippen molar-refractivity contribution in [2.24, 2.45) is 0 Å². The van der Waals surface area contributed by atoms with Gasteiger partial charge in [-0.3, -0.25) is 4.79 Å². The molecule has 136 valence electrons. The maximum atomic E-state index is 11.7. The van der Waals surface area contributed by atoms with Crippen LogP contribution in [0.2, 0.25) is 0 Å². The fourth-order valence-corrected chi connectivity index (χ4v) is 3.13. The molecule has 1 aliphatic carbocycles. The topological polar surface area (TPSA) is 50.4 Å². The molecule has 26 heavy (non-hydrogen) atoms. The van der Waals surface area contributed by atoms with Crippen LogP contribution in [-0.4, -0.2) is 5.11 Å². The van der Waals surface area contributed by atoms with E-state index in [-0.39, 0.29) is 16.3 Å². The fraction of sp³-hybridized carbons (Fsp3) is 0.348. The van der Waals surface area contributed by atoms with Crippen molar-refractivity contribution >= 4 is 0 Å². The largest absolute Gasteiger partial charge is 0.507 e. The van der Waals surface area contributed by atoms with Gasteiger partial charge in [-0.1, -0.05) is 41.5 Å². The summed E-state index contributed by atoms with van der Waals surface area (Å²) in [6.07, 6.45) is 0. The van der Waals surface area contributed by atoms with Gasteiger partial charge < -0.3 is 9.52 Å². The molecule has 2 aliphatic rings. The average molecular weight is 350 g/mol. The normalized spacial score (nSPS) is 12.5. The summed E-state index contributed by atoms with van der Waals surface area (Å²) in [5.41, 5.74) is 3.06. The molecule has 0 saturated carbocycles. The van der Waals surface area contributed by atoms with Gasteiger partial charge in [-0.2, -0.15) is 0 Å². The Morgan fingerprint density at radius 2 is 1.27 bits per heavy atom. The van der Waals surface area contributed by atoms with E-state index >= 15 is 0 Å². The van der Waals surface area contributed by atoms with Crippen LogP contribution < -0.4 is 5.43 Å². The molecule has 0 fully saturated rings. The summed E-state index contributed by atoms with van der Waals surface area (Å²) >= 11 is 0. The van der Waals surface area contributed by atoms with Gasteiger partial charge in [0.25, 0.3) is 0 Å². The van der Waals surface area contributed by atoms with Crippen LogP contribution >= 0.6 is 0 Å². The van der Waals surface area contributed by atoms with Crippen LogP contribution in [-0.2, 0) is 10.8 Å². The minimum atomic E-state index is -0.209. The molecule has 3 rings (SSSR count). The molecule has 3 nitrogen and oxygen atoms in total. The van der Waals surface area contributed by atoms with E-state index in [1.54, 1.807) is 6.07 Å². The van der Waals surface area contributed by atoms with E-state index in [9.17, 15) is 9.90 Å². The summed E-state index contributed by atoms with van der Waals surface area (Å²) in [5.74, 6) is 1.59. The Balaban J connectivity index is 2.29. The Morgan fingerprint density at radius 1 is 0.731 bits per heavy atom. The number of rotatable bonds is 1. The van der Waals surface area contributed by atoms with Crippen molar-refractivity contribution in [1.29, 1.82) is 0 Å². The molecule has 3 heteroatoms. The van der Waals surface area contributed by atoms with E-state index in [4.69, 9.17) is 4.42 Å². The Hall–Kier alpha value is -2.55. The highest BCUT2D eigenvalue weighted by atomic mass is 16.3. The van der Waals surface area contributed by atoms with Crippen LogP contribution in [0.4, 0.5) is 0 Å². The van der Waals surface area contributed by atoms with E-state index < -0.39 is 0 Å². The van der Waals surface area contributed by atoms with Gasteiger partial charge in [0.2, 0.25) is 0 Å². The molecule has 0 amide bonds. The predicted octanol–water partition coefficient (Wildman–Crippen LogP) is 5.71. The predicted molar refractivity (Wildman–Crippen MR) is 106 cm³/mol. The van der Waals surface area contributed by atoms with Crippen molar-refractivity contribution in [3.05, 3.63) is 63.8 Å². The maximum Gasteiger partial charge on any atom is 0.182 e. The van der Waals surface area contributed by atoms with Gasteiger partial charge >= 0.3 is 0 Å². The second-order valence-electron chi connectivity index (χ2n) is 8.92. The Kier molecular flexibility index (Phi) is 4.22. The molecular formula is C23H26O3. The number of phenolic OH excluding ortho intramolecular Hbond substituents is 1. The molecule has 0 bridgehead atoms. The lowest BCUT2D eigenvalue weighted by atomic mass is 9.78. The van der Waals surface area contributed by atoms with Gasteiger partial charge in [-0.15, -0.1) is 0 Å². The standard InChI is InChI=1S/C23H26O3/c1-22(2,3)17-11-15(12-18(21(17)25)23(4,5)6)19-10-8-14-7-9-16(24)13-20(14)26-19/h7-13,25H,1-6H3. The van der Waals surface area contributed by atoms with Gasteiger partial charge in [0, 0.05) is 28.3 Å². The van der Waals surface area contributed by atoms with Gasteiger partial charge in [-0.05, 0) is 47.2 Å². The van der Waals surface area contributed by atoms with E-state index in [1.165, 1.54) is 12.1 Å². The second-order valence-corrected chi connectivity index (χ2v) is 8.92. The second kappa shape index (κ2) is 6.01. The SMILES string of the molecule is CC(C)(C)c1cc(-c2ccc3ccc(=O)cc-3o2)cc(C(C)(C)C)c1O. The van der Waals surface area contributed by atoms with E-state index in [2.05, 4.69) is 41.5 Å². The molecule has 0 atom stereocenters. The van der Waals surface area contributed by atoms with Crippen LogP contribution in [0, 0.1) is 0 Å². The minimum Gasteiger partial charge on any atom is -0.507 e. The van der Waals surface area contributed by atoms with Crippen molar-refractivity contribution in [2.75, 3.05) is 0 Å². The summed E-state index contributed by atoms with van der Waals surface area (Å²) in [5, 5.41) is 10.9. The summed E-state index contributed by atoms with van der Waals surface area (Å²) < 4.78 is 6.02. The number of benzene rings is 2. The van der Waals surface area contributed by atoms with Crippen LogP contribution in [0.1, 0.15) is 52.7 Å². The first-order chi connectivity index (χ1) is 12.0. The highest BCUT2D eigenvalue weighted by Gasteiger charge is 2.27. The zero-order chi connectivity index (χ0) is 19.3. The monoisotopic (exact) mass is 350 g/mol. The quantitative estimate of drug-likeness (QED) is 0.611. The van der Waals surface area contributed by atoms with Gasteiger partial charge in [-0.25, -0.2) is 0 Å². The smallest absolute Gasteiger partial charge is 0.182 e. The first-order valence-electron chi connectivity index (χ1n) is 8.89. The Morgan fingerprint density at radius 3 is 1.81 bits per heavy atom. The number of aromatic hydroxyl groups is 1. The van der Waals surface area contributed by atoms with Crippen LogP contribution in [0.5, 0.6) is 5.75 Å².